The van der Waals surface area contributed by atoms with Crippen LogP contribution in [0.15, 0.2) is 0 Å². The third-order valence-corrected chi connectivity index (χ3v) is 3.16. The van der Waals surface area contributed by atoms with Crippen molar-refractivity contribution in [2.75, 3.05) is 7.05 Å². The molecule has 3 unspecified atom stereocenters. The van der Waals surface area contributed by atoms with Crippen LogP contribution in [0.3, 0.4) is 0 Å². The van der Waals surface area contributed by atoms with Gasteiger partial charge in [-0.15, -0.1) is 0 Å². The maximum Gasteiger partial charge on any atom is 0.116 e. The summed E-state index contributed by atoms with van der Waals surface area (Å²) in [6.45, 7) is 5.93. The molecule has 0 aromatic carbocycles. The van der Waals surface area contributed by atoms with Crippen molar-refractivity contribution in [2.45, 2.75) is 30.4 Å². The Hall–Kier alpha value is 0.650. The van der Waals surface area contributed by atoms with Gasteiger partial charge in [-0.05, 0) is 14.0 Å². The van der Waals surface area contributed by atoms with E-state index in [9.17, 15) is 5.11 Å². The monoisotopic (exact) mass is 257 g/mol. The van der Waals surface area contributed by atoms with Crippen LogP contribution >= 0.6 is 22.6 Å². The minimum atomic E-state index is -0.736. The van der Waals surface area contributed by atoms with Gasteiger partial charge in [0.1, 0.15) is 5.72 Å². The van der Waals surface area contributed by atoms with E-state index in [1.165, 1.54) is 0 Å². The molecule has 0 aliphatic rings. The summed E-state index contributed by atoms with van der Waals surface area (Å²) in [5, 5.41) is 12.5. The number of hydrogen-bond acceptors (Lipinski definition) is 2. The van der Waals surface area contributed by atoms with E-state index < -0.39 is 5.72 Å². The molecule has 62 valence electrons. The second-order valence-corrected chi connectivity index (χ2v) is 4.83. The molecule has 3 atom stereocenters. The summed E-state index contributed by atoms with van der Waals surface area (Å²) in [5.41, 5.74) is -0.736. The van der Waals surface area contributed by atoms with Gasteiger partial charge in [0.25, 0.3) is 0 Å². The lowest BCUT2D eigenvalue weighted by Gasteiger charge is -2.31. The molecule has 2 N–H and O–H groups in total. The molecule has 0 aromatic heterocycles. The van der Waals surface area contributed by atoms with Crippen LogP contribution in [0.5, 0.6) is 0 Å². The molecule has 2 nitrogen and oxygen atoms in total. The third-order valence-electron chi connectivity index (χ3n) is 2.08. The van der Waals surface area contributed by atoms with E-state index in [2.05, 4.69) is 34.8 Å². The van der Waals surface area contributed by atoms with Gasteiger partial charge in [-0.2, -0.15) is 0 Å². The van der Waals surface area contributed by atoms with Crippen molar-refractivity contribution >= 4 is 22.6 Å². The van der Waals surface area contributed by atoms with E-state index in [4.69, 9.17) is 0 Å². The predicted octanol–water partition coefficient (Wildman–Crippen LogP) is 1.37. The standard InChI is InChI=1S/C7H16INO/c1-5(6(2)8)7(3,10)9-4/h5-6,9-10H,1-4H3. The number of aliphatic hydroxyl groups is 1. The van der Waals surface area contributed by atoms with Crippen molar-refractivity contribution in [2.24, 2.45) is 5.92 Å². The smallest absolute Gasteiger partial charge is 0.116 e. The molecule has 0 bridgehead atoms. The molecule has 0 amide bonds. The molecule has 0 radical (unpaired) electrons. The Kier molecular flexibility index (Phi) is 4.13. The van der Waals surface area contributed by atoms with E-state index in [-0.39, 0.29) is 5.92 Å². The quantitative estimate of drug-likeness (QED) is 0.454. The molecule has 0 heterocycles. The molecule has 0 aromatic rings. The lowest BCUT2D eigenvalue weighted by molar-refractivity contribution is -0.0170. The second kappa shape index (κ2) is 3.88. The van der Waals surface area contributed by atoms with Gasteiger partial charge >= 0.3 is 0 Å². The molecule has 0 rings (SSSR count). The lowest BCUT2D eigenvalue weighted by atomic mass is 9.97. The maximum atomic E-state index is 9.65. The van der Waals surface area contributed by atoms with E-state index in [1.807, 2.05) is 6.92 Å². The highest BCUT2D eigenvalue weighted by atomic mass is 127. The fraction of sp³-hybridized carbons (Fsp3) is 1.00. The second-order valence-electron chi connectivity index (χ2n) is 2.86. The minimum absolute atomic E-state index is 0.262. The molecule has 10 heavy (non-hydrogen) atoms. The minimum Gasteiger partial charge on any atom is -0.376 e. The fourth-order valence-electron chi connectivity index (χ4n) is 0.675. The van der Waals surface area contributed by atoms with Crippen LogP contribution in [-0.4, -0.2) is 21.8 Å². The highest BCUT2D eigenvalue weighted by Crippen LogP contribution is 2.22. The molecule has 0 spiro atoms. The first-order chi connectivity index (χ1) is 4.41. The van der Waals surface area contributed by atoms with Crippen molar-refractivity contribution in [1.29, 1.82) is 0 Å². The molecular weight excluding hydrogens is 241 g/mol. The molecule has 0 saturated heterocycles. The largest absolute Gasteiger partial charge is 0.376 e. The molecular formula is C7H16INO. The zero-order valence-corrected chi connectivity index (χ0v) is 9.14. The van der Waals surface area contributed by atoms with Crippen molar-refractivity contribution in [1.82, 2.24) is 5.32 Å². The Morgan fingerprint density at radius 2 is 1.90 bits per heavy atom. The Morgan fingerprint density at radius 3 is 2.00 bits per heavy atom. The Labute approximate surface area is 76.5 Å². The van der Waals surface area contributed by atoms with Crippen LogP contribution < -0.4 is 5.32 Å². The van der Waals surface area contributed by atoms with Gasteiger partial charge in [0.2, 0.25) is 0 Å². The third kappa shape index (κ3) is 2.72. The number of rotatable bonds is 3. The normalized spacial score (nSPS) is 23.4. The Balaban J connectivity index is 4.03. The van der Waals surface area contributed by atoms with E-state index >= 15 is 0 Å². The summed E-state index contributed by atoms with van der Waals surface area (Å²) in [7, 11) is 1.77. The first-order valence-corrected chi connectivity index (χ1v) is 4.71. The van der Waals surface area contributed by atoms with E-state index in [0.717, 1.165) is 0 Å². The van der Waals surface area contributed by atoms with E-state index in [1.54, 1.807) is 14.0 Å². The van der Waals surface area contributed by atoms with Crippen molar-refractivity contribution in [3.8, 4) is 0 Å². The summed E-state index contributed by atoms with van der Waals surface area (Å²) in [5.74, 6) is 0.262. The van der Waals surface area contributed by atoms with Gasteiger partial charge in [-0.25, -0.2) is 0 Å². The van der Waals surface area contributed by atoms with Crippen LogP contribution in [0.4, 0.5) is 0 Å². The molecule has 0 saturated carbocycles. The average molecular weight is 257 g/mol. The summed E-state index contributed by atoms with van der Waals surface area (Å²) >= 11 is 2.32. The SMILES string of the molecule is CNC(C)(O)C(C)C(C)I. The molecule has 0 aliphatic carbocycles. The van der Waals surface area contributed by atoms with Crippen LogP contribution in [0.2, 0.25) is 0 Å². The first kappa shape index (κ1) is 10.7. The predicted molar refractivity (Wildman–Crippen MR) is 52.3 cm³/mol. The van der Waals surface area contributed by atoms with E-state index in [0.29, 0.717) is 3.92 Å². The van der Waals surface area contributed by atoms with Crippen LogP contribution in [0.25, 0.3) is 0 Å². The van der Waals surface area contributed by atoms with Crippen molar-refractivity contribution < 1.29 is 5.11 Å². The Morgan fingerprint density at radius 1 is 1.50 bits per heavy atom. The van der Waals surface area contributed by atoms with Gasteiger partial charge in [0.05, 0.1) is 0 Å². The van der Waals surface area contributed by atoms with Crippen LogP contribution in [-0.2, 0) is 0 Å². The average Bonchev–Trinajstić information content (AvgIpc) is 1.86. The molecule has 0 fully saturated rings. The summed E-state index contributed by atoms with van der Waals surface area (Å²) in [6.07, 6.45) is 0. The Bertz CT molecular complexity index is 104. The first-order valence-electron chi connectivity index (χ1n) is 3.47. The number of hydrogen-bond donors (Lipinski definition) is 2. The van der Waals surface area contributed by atoms with Crippen LogP contribution in [0.1, 0.15) is 20.8 Å². The highest BCUT2D eigenvalue weighted by molar-refractivity contribution is 14.1. The van der Waals surface area contributed by atoms with Crippen molar-refractivity contribution in [3.63, 3.8) is 0 Å². The number of alkyl halides is 1. The zero-order chi connectivity index (χ0) is 8.36. The number of halogens is 1. The summed E-state index contributed by atoms with van der Waals surface area (Å²) in [6, 6.07) is 0. The molecule has 0 aliphatic heterocycles. The maximum absolute atomic E-state index is 9.65. The summed E-state index contributed by atoms with van der Waals surface area (Å²) in [4.78, 5) is 0. The zero-order valence-electron chi connectivity index (χ0n) is 6.98. The topological polar surface area (TPSA) is 32.3 Å². The highest BCUT2D eigenvalue weighted by Gasteiger charge is 2.28. The fourth-order valence-corrected chi connectivity index (χ4v) is 1.38. The van der Waals surface area contributed by atoms with Gasteiger partial charge in [0.15, 0.2) is 0 Å². The van der Waals surface area contributed by atoms with Crippen molar-refractivity contribution in [3.05, 3.63) is 0 Å². The summed E-state index contributed by atoms with van der Waals surface area (Å²) < 4.78 is 0.472. The van der Waals surface area contributed by atoms with Gasteiger partial charge < -0.3 is 5.11 Å². The van der Waals surface area contributed by atoms with Gasteiger partial charge in [-0.1, -0.05) is 36.4 Å². The molecule has 3 heteroatoms. The lowest BCUT2D eigenvalue weighted by Crippen LogP contribution is -2.48. The van der Waals surface area contributed by atoms with Gasteiger partial charge in [-0.3, -0.25) is 5.32 Å². The van der Waals surface area contributed by atoms with Crippen LogP contribution in [0, 0.1) is 5.92 Å². The number of nitrogens with one attached hydrogen (secondary N) is 1. The van der Waals surface area contributed by atoms with Gasteiger partial charge in [0, 0.05) is 9.84 Å².